The minimum Gasteiger partial charge on any atom is -0.389 e. The molecule has 0 radical (unpaired) electrons. The summed E-state index contributed by atoms with van der Waals surface area (Å²) >= 11 is 0. The van der Waals surface area contributed by atoms with Crippen molar-refractivity contribution in [3.8, 4) is 0 Å². The van der Waals surface area contributed by atoms with Crippen molar-refractivity contribution in [2.75, 3.05) is 13.1 Å². The van der Waals surface area contributed by atoms with Gasteiger partial charge in [0.25, 0.3) is 0 Å². The van der Waals surface area contributed by atoms with Crippen LogP contribution < -0.4 is 5.32 Å². The Morgan fingerprint density at radius 2 is 1.33 bits per heavy atom. The fourth-order valence-corrected chi connectivity index (χ4v) is 0.651. The molecule has 1 heterocycles. The minimum atomic E-state index is -0.542. The summed E-state index contributed by atoms with van der Waals surface area (Å²) in [5.74, 6) is 0. The van der Waals surface area contributed by atoms with Crippen LogP contribution in [0.5, 0.6) is 0 Å². The molecule has 0 unspecified atom stereocenters. The third kappa shape index (κ3) is 3.32. The van der Waals surface area contributed by atoms with Crippen LogP contribution in [0.2, 0.25) is 0 Å². The monoisotopic (exact) mass is 171 g/mol. The maximum atomic E-state index is 8.69. The molecular formula is C4H13NO2S2. The molecule has 9 heavy (non-hydrogen) atoms. The lowest BCUT2D eigenvalue weighted by molar-refractivity contribution is 0.0572. The molecule has 3 nitrogen and oxygen atoms in total. The molecule has 0 aromatic heterocycles. The molecule has 1 saturated heterocycles. The first kappa shape index (κ1) is 12.3. The molecule has 1 rings (SSSR count). The molecule has 1 aliphatic rings. The number of hydrogen-bond donors (Lipinski definition) is 3. The molecule has 0 bridgehead atoms. The van der Waals surface area contributed by atoms with Gasteiger partial charge in [0.1, 0.15) is 0 Å². The van der Waals surface area contributed by atoms with Crippen molar-refractivity contribution in [3.05, 3.63) is 0 Å². The predicted molar refractivity (Wildman–Crippen MR) is 45.6 cm³/mol. The van der Waals surface area contributed by atoms with Gasteiger partial charge in [0.05, 0.1) is 12.2 Å². The Balaban J connectivity index is 0. The Hall–Kier alpha value is 0.580. The zero-order valence-electron chi connectivity index (χ0n) is 4.96. The number of aliphatic hydroxyl groups excluding tert-OH is 2. The fraction of sp³-hybridized carbons (Fsp3) is 1.00. The summed E-state index contributed by atoms with van der Waals surface area (Å²) in [6.07, 6.45) is -1.08. The van der Waals surface area contributed by atoms with Gasteiger partial charge in [-0.15, -0.1) is 0 Å². The highest BCUT2D eigenvalue weighted by Crippen LogP contribution is 1.96. The Kier molecular flexibility index (Phi) is 7.33. The van der Waals surface area contributed by atoms with E-state index in [2.05, 4.69) is 5.32 Å². The quantitative estimate of drug-likeness (QED) is 0.417. The van der Waals surface area contributed by atoms with E-state index in [4.69, 9.17) is 10.2 Å². The highest BCUT2D eigenvalue weighted by atomic mass is 32.1. The highest BCUT2D eigenvalue weighted by Gasteiger charge is 2.21. The van der Waals surface area contributed by atoms with E-state index in [9.17, 15) is 0 Å². The normalized spacial score (nSPS) is 32.7. The van der Waals surface area contributed by atoms with E-state index in [1.807, 2.05) is 0 Å². The van der Waals surface area contributed by atoms with Gasteiger partial charge >= 0.3 is 0 Å². The molecule has 0 spiro atoms. The molecule has 0 aromatic rings. The van der Waals surface area contributed by atoms with E-state index < -0.39 is 12.2 Å². The second-order valence-corrected chi connectivity index (χ2v) is 1.79. The van der Waals surface area contributed by atoms with E-state index >= 15 is 0 Å². The summed E-state index contributed by atoms with van der Waals surface area (Å²) in [6, 6.07) is 0. The summed E-state index contributed by atoms with van der Waals surface area (Å²) in [5.41, 5.74) is 0. The molecule has 0 aliphatic carbocycles. The van der Waals surface area contributed by atoms with Gasteiger partial charge in [-0.25, -0.2) is 0 Å². The zero-order valence-corrected chi connectivity index (χ0v) is 6.96. The molecule has 0 aromatic carbocycles. The highest BCUT2D eigenvalue weighted by molar-refractivity contribution is 7.59. The molecular weight excluding hydrogens is 158 g/mol. The van der Waals surface area contributed by atoms with Gasteiger partial charge in [-0.2, -0.15) is 27.0 Å². The second-order valence-electron chi connectivity index (χ2n) is 1.79. The average Bonchev–Trinajstić information content (AvgIpc) is 1.91. The van der Waals surface area contributed by atoms with Crippen LogP contribution in [0.15, 0.2) is 0 Å². The van der Waals surface area contributed by atoms with Gasteiger partial charge in [0, 0.05) is 13.1 Å². The Labute approximate surface area is 68.4 Å². The van der Waals surface area contributed by atoms with E-state index in [1.54, 1.807) is 0 Å². The van der Waals surface area contributed by atoms with Gasteiger partial charge in [-0.3, -0.25) is 0 Å². The summed E-state index contributed by atoms with van der Waals surface area (Å²) in [7, 11) is 0. The molecule has 2 atom stereocenters. The van der Waals surface area contributed by atoms with Crippen molar-refractivity contribution in [1.29, 1.82) is 0 Å². The number of aliphatic hydroxyl groups is 2. The Bertz CT molecular complexity index is 65.6. The van der Waals surface area contributed by atoms with Gasteiger partial charge < -0.3 is 15.5 Å². The maximum absolute atomic E-state index is 8.69. The first-order chi connectivity index (χ1) is 3.30. The molecule has 0 saturated carbocycles. The SMILES string of the molecule is O[C@H]1CNC[C@@H]1O.S.S. The molecule has 3 N–H and O–H groups in total. The predicted octanol–water partition coefficient (Wildman–Crippen LogP) is -1.46. The fourth-order valence-electron chi connectivity index (χ4n) is 0.651. The number of nitrogens with one attached hydrogen (secondary N) is 1. The molecule has 0 amide bonds. The Morgan fingerprint density at radius 3 is 1.44 bits per heavy atom. The van der Waals surface area contributed by atoms with Crippen LogP contribution in [-0.4, -0.2) is 35.5 Å². The third-order valence-corrected chi connectivity index (χ3v) is 1.15. The molecule has 1 aliphatic heterocycles. The van der Waals surface area contributed by atoms with Crippen molar-refractivity contribution in [3.63, 3.8) is 0 Å². The van der Waals surface area contributed by atoms with Crippen LogP contribution in [0.25, 0.3) is 0 Å². The molecule has 1 fully saturated rings. The first-order valence-electron chi connectivity index (χ1n) is 2.37. The van der Waals surface area contributed by atoms with Crippen molar-refractivity contribution in [1.82, 2.24) is 5.32 Å². The maximum Gasteiger partial charge on any atom is 0.0935 e. The summed E-state index contributed by atoms with van der Waals surface area (Å²) < 4.78 is 0. The third-order valence-electron chi connectivity index (χ3n) is 1.15. The number of hydrogen-bond acceptors (Lipinski definition) is 3. The van der Waals surface area contributed by atoms with Crippen LogP contribution in [0, 0.1) is 0 Å². The summed E-state index contributed by atoms with van der Waals surface area (Å²) in [4.78, 5) is 0. The van der Waals surface area contributed by atoms with Crippen LogP contribution in [0.3, 0.4) is 0 Å². The second kappa shape index (κ2) is 5.37. The molecule has 58 valence electrons. The minimum absolute atomic E-state index is 0. The lowest BCUT2D eigenvalue weighted by atomic mass is 10.3. The van der Waals surface area contributed by atoms with Crippen LogP contribution >= 0.6 is 27.0 Å². The van der Waals surface area contributed by atoms with Crippen molar-refractivity contribution >= 4 is 27.0 Å². The van der Waals surface area contributed by atoms with Gasteiger partial charge in [-0.1, -0.05) is 0 Å². The molecule has 5 heteroatoms. The average molecular weight is 171 g/mol. The van der Waals surface area contributed by atoms with Crippen LogP contribution in [0.1, 0.15) is 0 Å². The van der Waals surface area contributed by atoms with Crippen molar-refractivity contribution < 1.29 is 10.2 Å². The van der Waals surface area contributed by atoms with E-state index in [-0.39, 0.29) is 27.0 Å². The smallest absolute Gasteiger partial charge is 0.0935 e. The van der Waals surface area contributed by atoms with E-state index in [1.165, 1.54) is 0 Å². The zero-order chi connectivity index (χ0) is 5.28. The van der Waals surface area contributed by atoms with Gasteiger partial charge in [0.2, 0.25) is 0 Å². The van der Waals surface area contributed by atoms with Crippen molar-refractivity contribution in [2.45, 2.75) is 12.2 Å². The lowest BCUT2D eigenvalue weighted by Crippen LogP contribution is -2.22. The van der Waals surface area contributed by atoms with E-state index in [0.29, 0.717) is 13.1 Å². The Morgan fingerprint density at radius 1 is 1.00 bits per heavy atom. The number of rotatable bonds is 0. The lowest BCUT2D eigenvalue weighted by Gasteiger charge is -2.01. The van der Waals surface area contributed by atoms with Crippen LogP contribution in [0.4, 0.5) is 0 Å². The standard InChI is InChI=1S/C4H9NO2.2H2S/c6-3-1-5-2-4(3)7;;/h3-7H,1-2H2;2*1H2/t3-,4-;;/m0../s1. The van der Waals surface area contributed by atoms with Crippen molar-refractivity contribution in [2.24, 2.45) is 0 Å². The summed E-state index contributed by atoms with van der Waals surface area (Å²) in [5, 5.41) is 20.2. The van der Waals surface area contributed by atoms with Crippen LogP contribution in [-0.2, 0) is 0 Å². The number of β-amino-alcohol motifs (C(OH)–C–C–N with tert-alkyl or cyclic N) is 2. The summed E-state index contributed by atoms with van der Waals surface area (Å²) in [6.45, 7) is 1.06. The van der Waals surface area contributed by atoms with Gasteiger partial charge in [0.15, 0.2) is 0 Å². The topological polar surface area (TPSA) is 52.5 Å². The van der Waals surface area contributed by atoms with E-state index in [0.717, 1.165) is 0 Å². The largest absolute Gasteiger partial charge is 0.389 e. The van der Waals surface area contributed by atoms with Gasteiger partial charge in [-0.05, 0) is 0 Å². The first-order valence-corrected chi connectivity index (χ1v) is 2.37.